The molecule has 0 aliphatic carbocycles. The van der Waals surface area contributed by atoms with Gasteiger partial charge in [0.05, 0.1) is 12.0 Å². The summed E-state index contributed by atoms with van der Waals surface area (Å²) in [5, 5.41) is 8.83. The topological polar surface area (TPSA) is 102 Å². The summed E-state index contributed by atoms with van der Waals surface area (Å²) in [6, 6.07) is 4.62. The summed E-state index contributed by atoms with van der Waals surface area (Å²) in [5.41, 5.74) is -0.298. The average molecular weight is 214 g/mol. The van der Waals surface area contributed by atoms with Gasteiger partial charge in [-0.15, -0.1) is 0 Å². The Kier molecular flexibility index (Phi) is 2.36. The highest BCUT2D eigenvalue weighted by Gasteiger charge is 2.10. The van der Waals surface area contributed by atoms with E-state index >= 15 is 0 Å². The fraction of sp³-hybridized carbons (Fsp3) is 0. The predicted octanol–water partition coefficient (Wildman–Crippen LogP) is -0.00312. The highest BCUT2D eigenvalue weighted by molar-refractivity contribution is 5.64. The largest absolute Gasteiger partial charge is 0.329 e. The molecule has 0 aromatic carbocycles. The Bertz CT molecular complexity index is 678. The maximum absolute atomic E-state index is 11.3. The Labute approximate surface area is 89.2 Å². The molecule has 2 heterocycles. The van der Waals surface area contributed by atoms with Gasteiger partial charge in [0.25, 0.3) is 5.56 Å². The van der Waals surface area contributed by atoms with Gasteiger partial charge in [-0.05, 0) is 6.07 Å². The van der Waals surface area contributed by atoms with E-state index in [1.165, 1.54) is 18.6 Å². The second kappa shape index (κ2) is 3.82. The van der Waals surface area contributed by atoms with Crippen LogP contribution in [0.15, 0.2) is 34.2 Å². The summed E-state index contributed by atoms with van der Waals surface area (Å²) >= 11 is 0. The molecule has 0 aliphatic rings. The first kappa shape index (κ1) is 9.86. The number of nitrogens with one attached hydrogen (secondary N) is 2. The molecule has 6 nitrogen and oxygen atoms in total. The molecule has 78 valence electrons. The van der Waals surface area contributed by atoms with Crippen LogP contribution in [0.5, 0.6) is 0 Å². The Morgan fingerprint density at radius 1 is 1.31 bits per heavy atom. The van der Waals surface area contributed by atoms with Crippen molar-refractivity contribution in [2.75, 3.05) is 0 Å². The standard InChI is InChI=1S/C10H6N4O2/c11-4-7-9(13-5-14-10(7)16)6-1-2-12-8(15)3-6/h1-3,5H,(H,12,15)(H,13,14,16). The van der Waals surface area contributed by atoms with Gasteiger partial charge in [0.1, 0.15) is 11.6 Å². The fourth-order valence-corrected chi connectivity index (χ4v) is 1.31. The van der Waals surface area contributed by atoms with Crippen LogP contribution < -0.4 is 11.1 Å². The summed E-state index contributed by atoms with van der Waals surface area (Å²) in [4.78, 5) is 31.1. The zero-order valence-electron chi connectivity index (χ0n) is 8.02. The van der Waals surface area contributed by atoms with E-state index in [1.54, 1.807) is 12.1 Å². The normalized spacial score (nSPS) is 9.69. The van der Waals surface area contributed by atoms with Gasteiger partial charge in [-0.1, -0.05) is 0 Å². The predicted molar refractivity (Wildman–Crippen MR) is 55.6 cm³/mol. The first-order valence-electron chi connectivity index (χ1n) is 4.39. The van der Waals surface area contributed by atoms with E-state index < -0.39 is 5.56 Å². The van der Waals surface area contributed by atoms with Crippen LogP contribution in [-0.4, -0.2) is 15.0 Å². The SMILES string of the molecule is N#Cc1c(-c2cc[nH]c(=O)c2)nc[nH]c1=O. The molecular weight excluding hydrogens is 208 g/mol. The first-order chi connectivity index (χ1) is 7.72. The van der Waals surface area contributed by atoms with Crippen molar-refractivity contribution in [3.8, 4) is 17.3 Å². The minimum atomic E-state index is -0.521. The number of pyridine rings is 1. The molecule has 0 aliphatic heterocycles. The van der Waals surface area contributed by atoms with E-state index in [0.29, 0.717) is 5.56 Å². The molecule has 6 heteroatoms. The van der Waals surface area contributed by atoms with E-state index in [9.17, 15) is 9.59 Å². The first-order valence-corrected chi connectivity index (χ1v) is 4.39. The third-order valence-corrected chi connectivity index (χ3v) is 2.01. The lowest BCUT2D eigenvalue weighted by Crippen LogP contribution is -2.13. The van der Waals surface area contributed by atoms with E-state index in [1.807, 2.05) is 0 Å². The van der Waals surface area contributed by atoms with E-state index in [-0.39, 0.29) is 16.8 Å². The lowest BCUT2D eigenvalue weighted by Gasteiger charge is -2.00. The Balaban J connectivity index is 2.75. The second-order valence-corrected chi connectivity index (χ2v) is 3.01. The van der Waals surface area contributed by atoms with Crippen molar-refractivity contribution in [3.63, 3.8) is 0 Å². The van der Waals surface area contributed by atoms with Crippen LogP contribution in [0.3, 0.4) is 0 Å². The number of aromatic nitrogens is 3. The molecule has 0 amide bonds. The third kappa shape index (κ3) is 1.62. The number of hydrogen-bond acceptors (Lipinski definition) is 4. The van der Waals surface area contributed by atoms with Crippen molar-refractivity contribution in [2.24, 2.45) is 0 Å². The zero-order valence-corrected chi connectivity index (χ0v) is 8.02. The number of nitrogens with zero attached hydrogens (tertiary/aromatic N) is 2. The number of rotatable bonds is 1. The van der Waals surface area contributed by atoms with E-state index in [0.717, 1.165) is 0 Å². The van der Waals surface area contributed by atoms with Crippen molar-refractivity contribution >= 4 is 0 Å². The number of nitriles is 1. The molecule has 0 atom stereocenters. The van der Waals surface area contributed by atoms with Crippen molar-refractivity contribution in [3.05, 3.63) is 50.9 Å². The maximum atomic E-state index is 11.3. The minimum Gasteiger partial charge on any atom is -0.329 e. The molecular formula is C10H6N4O2. The number of hydrogen-bond donors (Lipinski definition) is 2. The lowest BCUT2D eigenvalue weighted by molar-refractivity contribution is 1.10. The Morgan fingerprint density at radius 2 is 2.12 bits per heavy atom. The molecule has 0 radical (unpaired) electrons. The molecule has 2 N–H and O–H groups in total. The van der Waals surface area contributed by atoms with Gasteiger partial charge in [-0.25, -0.2) is 4.98 Å². The fourth-order valence-electron chi connectivity index (χ4n) is 1.31. The van der Waals surface area contributed by atoms with Gasteiger partial charge in [-0.3, -0.25) is 9.59 Å². The molecule has 0 spiro atoms. The van der Waals surface area contributed by atoms with Crippen molar-refractivity contribution in [1.82, 2.24) is 15.0 Å². The van der Waals surface area contributed by atoms with Gasteiger partial charge in [0.15, 0.2) is 0 Å². The summed E-state index contributed by atoms with van der Waals surface area (Å²) in [6.45, 7) is 0. The van der Waals surface area contributed by atoms with Gasteiger partial charge in [0, 0.05) is 17.8 Å². The number of H-pyrrole nitrogens is 2. The molecule has 2 aromatic heterocycles. The summed E-state index contributed by atoms with van der Waals surface area (Å²) in [5.74, 6) is 0. The zero-order chi connectivity index (χ0) is 11.5. The quantitative estimate of drug-likeness (QED) is 0.697. The van der Waals surface area contributed by atoms with Crippen molar-refractivity contribution < 1.29 is 0 Å². The van der Waals surface area contributed by atoms with Crippen LogP contribution in [0.4, 0.5) is 0 Å². The van der Waals surface area contributed by atoms with Crippen LogP contribution in [0.1, 0.15) is 5.56 Å². The molecule has 0 fully saturated rings. The molecule has 0 saturated heterocycles. The smallest absolute Gasteiger partial charge is 0.269 e. The minimum absolute atomic E-state index is 0.104. The molecule has 2 aromatic rings. The number of aromatic amines is 2. The summed E-state index contributed by atoms with van der Waals surface area (Å²) in [7, 11) is 0. The van der Waals surface area contributed by atoms with Crippen LogP contribution in [0.2, 0.25) is 0 Å². The Morgan fingerprint density at radius 3 is 2.81 bits per heavy atom. The maximum Gasteiger partial charge on any atom is 0.269 e. The third-order valence-electron chi connectivity index (χ3n) is 2.01. The lowest BCUT2D eigenvalue weighted by atomic mass is 10.1. The van der Waals surface area contributed by atoms with Gasteiger partial charge < -0.3 is 9.97 Å². The van der Waals surface area contributed by atoms with Crippen molar-refractivity contribution in [2.45, 2.75) is 0 Å². The average Bonchev–Trinajstić information content (AvgIpc) is 2.28. The van der Waals surface area contributed by atoms with Crippen LogP contribution >= 0.6 is 0 Å². The summed E-state index contributed by atoms with van der Waals surface area (Å²) in [6.07, 6.45) is 2.63. The molecule has 0 bridgehead atoms. The van der Waals surface area contributed by atoms with Gasteiger partial charge >= 0.3 is 0 Å². The van der Waals surface area contributed by atoms with E-state index in [2.05, 4.69) is 15.0 Å². The van der Waals surface area contributed by atoms with E-state index in [4.69, 9.17) is 5.26 Å². The molecule has 0 unspecified atom stereocenters. The van der Waals surface area contributed by atoms with Gasteiger partial charge in [0.2, 0.25) is 5.56 Å². The van der Waals surface area contributed by atoms with Gasteiger partial charge in [-0.2, -0.15) is 5.26 Å². The monoisotopic (exact) mass is 214 g/mol. The molecule has 2 rings (SSSR count). The molecule has 0 saturated carbocycles. The highest BCUT2D eigenvalue weighted by Crippen LogP contribution is 2.14. The highest BCUT2D eigenvalue weighted by atomic mass is 16.1. The summed E-state index contributed by atoms with van der Waals surface area (Å²) < 4.78 is 0. The van der Waals surface area contributed by atoms with Crippen molar-refractivity contribution in [1.29, 1.82) is 5.26 Å². The van der Waals surface area contributed by atoms with Crippen LogP contribution in [0, 0.1) is 11.3 Å². The van der Waals surface area contributed by atoms with Crippen LogP contribution in [0.25, 0.3) is 11.3 Å². The second-order valence-electron chi connectivity index (χ2n) is 3.01. The van der Waals surface area contributed by atoms with Crippen LogP contribution in [-0.2, 0) is 0 Å². The Hall–Kier alpha value is -2.68. The molecule has 16 heavy (non-hydrogen) atoms.